The molecule has 0 saturated heterocycles. The number of rotatable bonds is 8. The van der Waals surface area contributed by atoms with Crippen LogP contribution in [0.15, 0.2) is 37.1 Å². The first-order valence-electron chi connectivity index (χ1n) is 9.73. The number of aromatic nitrogens is 6. The zero-order valence-electron chi connectivity index (χ0n) is 17.3. The molecule has 0 saturated carbocycles. The maximum Gasteiger partial charge on any atom is 0.273 e. The van der Waals surface area contributed by atoms with Crippen LogP contribution in [-0.2, 0) is 12.3 Å². The topological polar surface area (TPSA) is 89.7 Å². The summed E-state index contributed by atoms with van der Waals surface area (Å²) in [5.74, 6) is -3.55. The molecule has 0 aliphatic rings. The Balaban J connectivity index is 1.74. The number of amides is 1. The quantitative estimate of drug-likeness (QED) is 0.542. The lowest BCUT2D eigenvalue weighted by atomic mass is 10.1. The van der Waals surface area contributed by atoms with Gasteiger partial charge in [0.1, 0.15) is 11.6 Å². The number of carbonyl (C=O) groups excluding carboxylic acids is 1. The molecule has 0 unspecified atom stereocenters. The molecule has 0 spiro atoms. The van der Waals surface area contributed by atoms with Crippen molar-refractivity contribution in [1.82, 2.24) is 34.8 Å². The Labute approximate surface area is 177 Å². The molecule has 3 rings (SSSR count). The van der Waals surface area contributed by atoms with Gasteiger partial charge < -0.3 is 4.90 Å². The van der Waals surface area contributed by atoms with Crippen LogP contribution in [-0.4, -0.2) is 53.3 Å². The standard InChI is InChI=1S/C20H22F3N7O/c1-4-29(13(2)5-6-17-24-10-14(11-25-17)20(3,22)23)19(31)16-9-15(21)12-26-18(16)30-27-7-8-28-30/h7-13H,4-6H2,1-3H3/t13-/m0/s1. The van der Waals surface area contributed by atoms with Gasteiger partial charge in [0.15, 0.2) is 5.82 Å². The molecule has 3 aromatic rings. The van der Waals surface area contributed by atoms with E-state index in [1.807, 2.05) is 13.8 Å². The summed E-state index contributed by atoms with van der Waals surface area (Å²) in [4.78, 5) is 27.9. The zero-order valence-corrected chi connectivity index (χ0v) is 17.3. The van der Waals surface area contributed by atoms with E-state index in [1.54, 1.807) is 4.90 Å². The molecular formula is C20H22F3N7O. The van der Waals surface area contributed by atoms with Crippen LogP contribution in [0.5, 0.6) is 0 Å². The molecular weight excluding hydrogens is 411 g/mol. The number of pyridine rings is 1. The molecule has 11 heteroatoms. The molecule has 31 heavy (non-hydrogen) atoms. The van der Waals surface area contributed by atoms with Crippen LogP contribution in [0, 0.1) is 5.82 Å². The van der Waals surface area contributed by atoms with Gasteiger partial charge in [-0.2, -0.15) is 10.2 Å². The fourth-order valence-electron chi connectivity index (χ4n) is 3.09. The lowest BCUT2D eigenvalue weighted by Crippen LogP contribution is -2.39. The molecule has 0 N–H and O–H groups in total. The summed E-state index contributed by atoms with van der Waals surface area (Å²) in [6, 6.07) is 0.853. The lowest BCUT2D eigenvalue weighted by Gasteiger charge is -2.28. The lowest BCUT2D eigenvalue weighted by molar-refractivity contribution is 0.0166. The Morgan fingerprint density at radius 2 is 1.81 bits per heavy atom. The highest BCUT2D eigenvalue weighted by Crippen LogP contribution is 2.25. The minimum Gasteiger partial charge on any atom is -0.336 e. The molecule has 8 nitrogen and oxygen atoms in total. The fourth-order valence-corrected chi connectivity index (χ4v) is 3.09. The molecule has 0 bridgehead atoms. The zero-order chi connectivity index (χ0) is 22.6. The van der Waals surface area contributed by atoms with Gasteiger partial charge >= 0.3 is 0 Å². The Morgan fingerprint density at radius 3 is 2.39 bits per heavy atom. The van der Waals surface area contributed by atoms with E-state index >= 15 is 0 Å². The minimum absolute atomic E-state index is 0.0377. The number of carbonyl (C=O) groups is 1. The number of alkyl halides is 2. The first-order chi connectivity index (χ1) is 14.7. The van der Waals surface area contributed by atoms with E-state index in [2.05, 4.69) is 25.1 Å². The van der Waals surface area contributed by atoms with E-state index in [-0.39, 0.29) is 23.0 Å². The van der Waals surface area contributed by atoms with Crippen LogP contribution in [0.3, 0.4) is 0 Å². The number of nitrogens with zero attached hydrogens (tertiary/aromatic N) is 7. The maximum absolute atomic E-state index is 13.9. The second-order valence-corrected chi connectivity index (χ2v) is 7.10. The van der Waals surface area contributed by atoms with Gasteiger partial charge in [-0.05, 0) is 26.3 Å². The number of halogens is 3. The summed E-state index contributed by atoms with van der Waals surface area (Å²) < 4.78 is 40.4. The van der Waals surface area contributed by atoms with Crippen molar-refractivity contribution in [2.24, 2.45) is 0 Å². The third-order valence-electron chi connectivity index (χ3n) is 4.80. The van der Waals surface area contributed by atoms with Crippen molar-refractivity contribution in [2.45, 2.75) is 45.6 Å². The van der Waals surface area contributed by atoms with Crippen LogP contribution >= 0.6 is 0 Å². The Bertz CT molecular complexity index is 1020. The molecule has 0 fully saturated rings. The average Bonchev–Trinajstić information content (AvgIpc) is 3.27. The molecule has 3 heterocycles. The van der Waals surface area contributed by atoms with Crippen LogP contribution < -0.4 is 0 Å². The largest absolute Gasteiger partial charge is 0.336 e. The van der Waals surface area contributed by atoms with Crippen LogP contribution in [0.1, 0.15) is 48.9 Å². The highest BCUT2D eigenvalue weighted by atomic mass is 19.3. The Morgan fingerprint density at radius 1 is 1.16 bits per heavy atom. The Kier molecular flexibility index (Phi) is 6.62. The van der Waals surface area contributed by atoms with E-state index in [1.165, 1.54) is 12.4 Å². The van der Waals surface area contributed by atoms with Crippen molar-refractivity contribution in [2.75, 3.05) is 6.54 Å². The highest BCUT2D eigenvalue weighted by molar-refractivity contribution is 5.97. The van der Waals surface area contributed by atoms with Crippen molar-refractivity contribution >= 4 is 5.91 Å². The summed E-state index contributed by atoms with van der Waals surface area (Å²) in [7, 11) is 0. The van der Waals surface area contributed by atoms with Gasteiger partial charge in [-0.3, -0.25) is 4.79 Å². The van der Waals surface area contributed by atoms with Gasteiger partial charge in [0.2, 0.25) is 0 Å². The molecule has 0 radical (unpaired) electrons. The summed E-state index contributed by atoms with van der Waals surface area (Å²) >= 11 is 0. The van der Waals surface area contributed by atoms with Gasteiger partial charge in [0, 0.05) is 38.3 Å². The number of hydrogen-bond acceptors (Lipinski definition) is 6. The smallest absolute Gasteiger partial charge is 0.273 e. The van der Waals surface area contributed by atoms with Crippen molar-refractivity contribution in [3.05, 3.63) is 59.8 Å². The van der Waals surface area contributed by atoms with E-state index < -0.39 is 17.6 Å². The van der Waals surface area contributed by atoms with Crippen molar-refractivity contribution in [1.29, 1.82) is 0 Å². The molecule has 0 aliphatic carbocycles. The summed E-state index contributed by atoms with van der Waals surface area (Å²) in [6.45, 7) is 4.80. The third kappa shape index (κ3) is 5.22. The summed E-state index contributed by atoms with van der Waals surface area (Å²) in [5.41, 5.74) is -0.219. The van der Waals surface area contributed by atoms with Crippen molar-refractivity contribution < 1.29 is 18.0 Å². The van der Waals surface area contributed by atoms with E-state index in [0.717, 1.165) is 36.4 Å². The van der Waals surface area contributed by atoms with Gasteiger partial charge in [0.05, 0.1) is 29.7 Å². The maximum atomic E-state index is 13.9. The van der Waals surface area contributed by atoms with Crippen LogP contribution in [0.4, 0.5) is 13.2 Å². The van der Waals surface area contributed by atoms with Crippen molar-refractivity contribution in [3.8, 4) is 5.82 Å². The number of aryl methyl sites for hydroxylation is 1. The van der Waals surface area contributed by atoms with Gasteiger partial charge in [0.25, 0.3) is 11.8 Å². The average molecular weight is 433 g/mol. The minimum atomic E-state index is -3.00. The normalized spacial score (nSPS) is 12.6. The molecule has 0 aromatic carbocycles. The van der Waals surface area contributed by atoms with Crippen molar-refractivity contribution in [3.63, 3.8) is 0 Å². The van der Waals surface area contributed by atoms with Crippen LogP contribution in [0.25, 0.3) is 5.82 Å². The number of hydrogen-bond donors (Lipinski definition) is 0. The van der Waals surface area contributed by atoms with Gasteiger partial charge in [-0.1, -0.05) is 0 Å². The second kappa shape index (κ2) is 9.19. The highest BCUT2D eigenvalue weighted by Gasteiger charge is 2.26. The molecule has 1 atom stereocenters. The first-order valence-corrected chi connectivity index (χ1v) is 9.73. The summed E-state index contributed by atoms with van der Waals surface area (Å²) in [6.07, 6.45) is 6.94. The fraction of sp³-hybridized carbons (Fsp3) is 0.400. The SMILES string of the molecule is CCN(C(=O)c1cc(F)cnc1-n1nccn1)[C@@H](C)CCc1ncc(C(C)(F)F)cn1. The molecule has 3 aromatic heterocycles. The van der Waals surface area contributed by atoms with Crippen LogP contribution in [0.2, 0.25) is 0 Å². The Hall–Kier alpha value is -3.37. The molecule has 1 amide bonds. The van der Waals surface area contributed by atoms with Gasteiger partial charge in [-0.25, -0.2) is 28.1 Å². The van der Waals surface area contributed by atoms with E-state index in [0.29, 0.717) is 25.2 Å². The third-order valence-corrected chi connectivity index (χ3v) is 4.80. The molecule has 0 aliphatic heterocycles. The first kappa shape index (κ1) is 22.3. The predicted octanol–water partition coefficient (Wildman–Crippen LogP) is 3.19. The summed E-state index contributed by atoms with van der Waals surface area (Å²) in [5, 5.41) is 7.94. The molecule has 164 valence electrons. The van der Waals surface area contributed by atoms with E-state index in [4.69, 9.17) is 0 Å². The monoisotopic (exact) mass is 433 g/mol. The van der Waals surface area contributed by atoms with Gasteiger partial charge in [-0.15, -0.1) is 4.80 Å². The predicted molar refractivity (Wildman–Crippen MR) is 105 cm³/mol. The van der Waals surface area contributed by atoms with E-state index in [9.17, 15) is 18.0 Å². The second-order valence-electron chi connectivity index (χ2n) is 7.10.